The number of pyridine rings is 1. The van der Waals surface area contributed by atoms with Crippen LogP contribution in [0.1, 0.15) is 5.69 Å². The number of benzene rings is 1. The number of hydrogen-bond donors (Lipinski definition) is 3. The Morgan fingerprint density at radius 1 is 1.25 bits per heavy atom. The molecule has 2 heterocycles. The Morgan fingerprint density at radius 3 is 2.70 bits per heavy atom. The van der Waals surface area contributed by atoms with Crippen molar-refractivity contribution < 1.29 is 4.79 Å². The van der Waals surface area contributed by atoms with Crippen molar-refractivity contribution in [2.75, 3.05) is 5.32 Å². The van der Waals surface area contributed by atoms with Crippen LogP contribution < -0.4 is 11.1 Å². The van der Waals surface area contributed by atoms with Gasteiger partial charge in [0, 0.05) is 23.0 Å². The summed E-state index contributed by atoms with van der Waals surface area (Å²) in [6.45, 7) is 1.96. The van der Waals surface area contributed by atoms with E-state index >= 15 is 0 Å². The maximum absolute atomic E-state index is 10.8. The molecule has 0 aliphatic carbocycles. The molecule has 6 heteroatoms. The van der Waals surface area contributed by atoms with Gasteiger partial charge in [-0.25, -0.2) is 9.78 Å². The predicted octanol–water partition coefficient (Wildman–Crippen LogP) is 2.42. The first-order valence-electron chi connectivity index (χ1n) is 6.12. The molecule has 2 amide bonds. The average Bonchev–Trinajstić information content (AvgIpc) is 2.81. The highest BCUT2D eigenvalue weighted by Crippen LogP contribution is 2.29. The molecule has 1 aromatic carbocycles. The third kappa shape index (κ3) is 2.07. The third-order valence-electron chi connectivity index (χ3n) is 3.10. The van der Waals surface area contributed by atoms with E-state index in [9.17, 15) is 4.79 Å². The zero-order valence-corrected chi connectivity index (χ0v) is 10.8. The molecule has 0 radical (unpaired) electrons. The molecule has 0 saturated heterocycles. The number of H-pyrrole nitrogens is 1. The van der Waals surface area contributed by atoms with Crippen molar-refractivity contribution in [3.05, 3.63) is 42.2 Å². The van der Waals surface area contributed by atoms with E-state index in [1.54, 1.807) is 6.20 Å². The standard InChI is InChI=1S/C14H13N5O/c1-8-12-11(6-7-16-13(12)19-18-8)9-2-4-10(5-3-9)17-14(15)20/h2-7H,1H3,(H3,15,17,20)(H,16,18,19). The first-order valence-corrected chi connectivity index (χ1v) is 6.12. The molecule has 0 aliphatic rings. The number of urea groups is 1. The second-order valence-corrected chi connectivity index (χ2v) is 4.47. The number of anilines is 1. The Hall–Kier alpha value is -2.89. The molecule has 2 aromatic heterocycles. The van der Waals surface area contributed by atoms with E-state index in [1.807, 2.05) is 37.3 Å². The van der Waals surface area contributed by atoms with E-state index in [0.29, 0.717) is 11.3 Å². The molecule has 0 aliphatic heterocycles. The summed E-state index contributed by atoms with van der Waals surface area (Å²) in [6, 6.07) is 8.83. The number of carbonyl (C=O) groups excluding carboxylic acids is 1. The van der Waals surface area contributed by atoms with Gasteiger partial charge < -0.3 is 11.1 Å². The predicted molar refractivity (Wildman–Crippen MR) is 77.3 cm³/mol. The van der Waals surface area contributed by atoms with E-state index < -0.39 is 6.03 Å². The van der Waals surface area contributed by atoms with Crippen LogP contribution in [-0.4, -0.2) is 21.2 Å². The lowest BCUT2D eigenvalue weighted by atomic mass is 10.0. The van der Waals surface area contributed by atoms with Crippen molar-refractivity contribution in [3.8, 4) is 11.1 Å². The lowest BCUT2D eigenvalue weighted by Gasteiger charge is -2.06. The van der Waals surface area contributed by atoms with Crippen LogP contribution in [-0.2, 0) is 0 Å². The molecule has 100 valence electrons. The van der Waals surface area contributed by atoms with Gasteiger partial charge in [0.2, 0.25) is 0 Å². The van der Waals surface area contributed by atoms with E-state index in [2.05, 4.69) is 20.5 Å². The van der Waals surface area contributed by atoms with E-state index in [4.69, 9.17) is 5.73 Å². The summed E-state index contributed by atoms with van der Waals surface area (Å²) < 4.78 is 0. The summed E-state index contributed by atoms with van der Waals surface area (Å²) in [4.78, 5) is 15.0. The van der Waals surface area contributed by atoms with Crippen LogP contribution in [0, 0.1) is 6.92 Å². The maximum Gasteiger partial charge on any atom is 0.316 e. The minimum atomic E-state index is -0.574. The number of primary amides is 1. The fourth-order valence-electron chi connectivity index (χ4n) is 2.21. The Balaban J connectivity index is 2.07. The number of amides is 2. The largest absolute Gasteiger partial charge is 0.351 e. The van der Waals surface area contributed by atoms with Crippen molar-refractivity contribution in [3.63, 3.8) is 0 Å². The molecule has 4 N–H and O–H groups in total. The Morgan fingerprint density at radius 2 is 2.00 bits per heavy atom. The SMILES string of the molecule is Cc1[nH]nc2nccc(-c3ccc(NC(N)=O)cc3)c12. The highest BCUT2D eigenvalue weighted by Gasteiger charge is 2.09. The van der Waals surface area contributed by atoms with Crippen LogP contribution in [0.3, 0.4) is 0 Å². The van der Waals surface area contributed by atoms with Crippen molar-refractivity contribution in [2.45, 2.75) is 6.92 Å². The van der Waals surface area contributed by atoms with Gasteiger partial charge in [-0.3, -0.25) is 5.10 Å². The number of carbonyl (C=O) groups is 1. The lowest BCUT2D eigenvalue weighted by Crippen LogP contribution is -2.19. The van der Waals surface area contributed by atoms with Gasteiger partial charge in [0.15, 0.2) is 5.65 Å². The number of rotatable bonds is 2. The Kier molecular flexibility index (Phi) is 2.83. The molecule has 0 unspecified atom stereocenters. The molecule has 20 heavy (non-hydrogen) atoms. The van der Waals surface area contributed by atoms with Crippen molar-refractivity contribution in [2.24, 2.45) is 5.73 Å². The maximum atomic E-state index is 10.8. The van der Waals surface area contributed by atoms with Crippen LogP contribution in [0.4, 0.5) is 10.5 Å². The van der Waals surface area contributed by atoms with Crippen LogP contribution in [0.25, 0.3) is 22.2 Å². The summed E-state index contributed by atoms with van der Waals surface area (Å²) in [7, 11) is 0. The first kappa shape index (κ1) is 12.2. The Labute approximate surface area is 115 Å². The van der Waals surface area contributed by atoms with Crippen molar-refractivity contribution in [1.82, 2.24) is 15.2 Å². The number of nitrogens with one attached hydrogen (secondary N) is 2. The fraction of sp³-hybridized carbons (Fsp3) is 0.0714. The first-order chi connectivity index (χ1) is 9.65. The molecule has 0 saturated carbocycles. The van der Waals surface area contributed by atoms with E-state index in [-0.39, 0.29) is 0 Å². The monoisotopic (exact) mass is 267 g/mol. The van der Waals surface area contributed by atoms with Gasteiger partial charge in [-0.2, -0.15) is 5.10 Å². The second kappa shape index (κ2) is 4.65. The van der Waals surface area contributed by atoms with E-state index in [1.165, 1.54) is 0 Å². The molecule has 0 bridgehead atoms. The highest BCUT2D eigenvalue weighted by molar-refractivity contribution is 5.95. The van der Waals surface area contributed by atoms with Crippen LogP contribution in [0.2, 0.25) is 0 Å². The molecule has 0 fully saturated rings. The van der Waals surface area contributed by atoms with Crippen LogP contribution in [0.15, 0.2) is 36.5 Å². The number of fused-ring (bicyclic) bond motifs is 1. The normalized spacial score (nSPS) is 10.7. The average molecular weight is 267 g/mol. The molecule has 3 rings (SSSR count). The minimum Gasteiger partial charge on any atom is -0.351 e. The van der Waals surface area contributed by atoms with Gasteiger partial charge in [-0.05, 0) is 36.2 Å². The van der Waals surface area contributed by atoms with Gasteiger partial charge >= 0.3 is 6.03 Å². The number of aromatic amines is 1. The highest BCUT2D eigenvalue weighted by atomic mass is 16.2. The number of aryl methyl sites for hydroxylation is 1. The van der Waals surface area contributed by atoms with E-state index in [0.717, 1.165) is 22.2 Å². The topological polar surface area (TPSA) is 96.7 Å². The summed E-state index contributed by atoms with van der Waals surface area (Å²) in [5.41, 5.74) is 9.49. The van der Waals surface area contributed by atoms with Gasteiger partial charge in [-0.15, -0.1) is 0 Å². The summed E-state index contributed by atoms with van der Waals surface area (Å²) in [5.74, 6) is 0. The number of aromatic nitrogens is 3. The quantitative estimate of drug-likeness (QED) is 0.665. The van der Waals surface area contributed by atoms with Gasteiger partial charge in [0.05, 0.1) is 0 Å². The summed E-state index contributed by atoms with van der Waals surface area (Å²) in [5, 5.41) is 10.6. The zero-order valence-electron chi connectivity index (χ0n) is 10.8. The third-order valence-corrected chi connectivity index (χ3v) is 3.10. The smallest absolute Gasteiger partial charge is 0.316 e. The van der Waals surface area contributed by atoms with Gasteiger partial charge in [-0.1, -0.05) is 12.1 Å². The lowest BCUT2D eigenvalue weighted by molar-refractivity contribution is 0.259. The van der Waals surface area contributed by atoms with Crippen molar-refractivity contribution >= 4 is 22.8 Å². The molecule has 3 aromatic rings. The minimum absolute atomic E-state index is 0.574. The zero-order chi connectivity index (χ0) is 14.1. The number of nitrogens with two attached hydrogens (primary N) is 1. The number of nitrogens with zero attached hydrogens (tertiary/aromatic N) is 2. The number of hydrogen-bond acceptors (Lipinski definition) is 3. The molecule has 0 spiro atoms. The molecular weight excluding hydrogens is 254 g/mol. The molecule has 0 atom stereocenters. The Bertz CT molecular complexity index is 776. The van der Waals surface area contributed by atoms with Crippen molar-refractivity contribution in [1.29, 1.82) is 0 Å². The summed E-state index contributed by atoms with van der Waals surface area (Å²) in [6.07, 6.45) is 1.73. The second-order valence-electron chi connectivity index (χ2n) is 4.47. The van der Waals surface area contributed by atoms with Crippen LogP contribution in [0.5, 0.6) is 0 Å². The van der Waals surface area contributed by atoms with Gasteiger partial charge in [0.1, 0.15) is 0 Å². The van der Waals surface area contributed by atoms with Gasteiger partial charge in [0.25, 0.3) is 0 Å². The summed E-state index contributed by atoms with van der Waals surface area (Å²) >= 11 is 0. The molecular formula is C14H13N5O. The molecule has 6 nitrogen and oxygen atoms in total. The fourth-order valence-corrected chi connectivity index (χ4v) is 2.21. The van der Waals surface area contributed by atoms with Crippen LogP contribution >= 0.6 is 0 Å².